The van der Waals surface area contributed by atoms with Crippen LogP contribution >= 0.6 is 0 Å². The molecule has 14 heavy (non-hydrogen) atoms. The first-order valence-electron chi connectivity index (χ1n) is 5.05. The predicted molar refractivity (Wildman–Crippen MR) is 55.7 cm³/mol. The van der Waals surface area contributed by atoms with Gasteiger partial charge in [0.05, 0.1) is 0 Å². The molecule has 0 aromatic carbocycles. The van der Waals surface area contributed by atoms with E-state index in [4.69, 9.17) is 0 Å². The van der Waals surface area contributed by atoms with Crippen molar-refractivity contribution in [3.8, 4) is 0 Å². The van der Waals surface area contributed by atoms with Gasteiger partial charge in [-0.2, -0.15) is 0 Å². The zero-order valence-corrected chi connectivity index (χ0v) is 9.40. The van der Waals surface area contributed by atoms with Crippen molar-refractivity contribution in [3.63, 3.8) is 0 Å². The van der Waals surface area contributed by atoms with Gasteiger partial charge in [-0.25, -0.2) is 0 Å². The summed E-state index contributed by atoms with van der Waals surface area (Å²) < 4.78 is 20.2. The lowest BCUT2D eigenvalue weighted by Gasteiger charge is -2.06. The second-order valence-corrected chi connectivity index (χ2v) is 4.06. The maximum absolute atomic E-state index is 10.6. The Morgan fingerprint density at radius 1 is 1.21 bits per heavy atom. The first kappa shape index (κ1) is 13.6. The number of unbranched alkanes of at least 4 members (excludes halogenated alkanes) is 5. The maximum atomic E-state index is 10.6. The third-order valence-corrected chi connectivity index (χ3v) is 2.40. The van der Waals surface area contributed by atoms with E-state index < -0.39 is 16.3 Å². The van der Waals surface area contributed by atoms with Crippen molar-refractivity contribution in [2.75, 3.05) is 6.54 Å². The molecule has 0 rings (SSSR count). The Kier molecular flexibility index (Phi) is 8.87. The van der Waals surface area contributed by atoms with Crippen LogP contribution in [0.15, 0.2) is 0 Å². The van der Waals surface area contributed by atoms with Crippen molar-refractivity contribution in [1.82, 2.24) is 5.32 Å². The second-order valence-electron chi connectivity index (χ2n) is 3.22. The Morgan fingerprint density at radius 3 is 2.36 bits per heavy atom. The minimum Gasteiger partial charge on any atom is -0.765 e. The molecular formula is C9H18NO3S-. The highest BCUT2D eigenvalue weighted by molar-refractivity contribution is 7.95. The van der Waals surface area contributed by atoms with Crippen molar-refractivity contribution in [2.24, 2.45) is 0 Å². The minimum atomic E-state index is -2.62. The Morgan fingerprint density at radius 2 is 1.79 bits per heavy atom. The Hall–Kier alpha value is -0.420. The van der Waals surface area contributed by atoms with Crippen molar-refractivity contribution in [1.29, 1.82) is 0 Å². The van der Waals surface area contributed by atoms with E-state index >= 15 is 0 Å². The molecular weight excluding hydrogens is 202 g/mol. The third kappa shape index (κ3) is 8.19. The number of carbonyl (C=O) groups is 1. The first-order chi connectivity index (χ1) is 6.68. The zero-order chi connectivity index (χ0) is 10.8. The summed E-state index contributed by atoms with van der Waals surface area (Å²) >= 11 is -2.62. The van der Waals surface area contributed by atoms with Crippen LogP contribution in [0.2, 0.25) is 0 Å². The molecule has 5 heteroatoms. The molecule has 1 atom stereocenters. The molecule has 0 aromatic heterocycles. The molecule has 0 aliphatic carbocycles. The van der Waals surface area contributed by atoms with Crippen molar-refractivity contribution >= 4 is 16.3 Å². The van der Waals surface area contributed by atoms with E-state index in [0.717, 1.165) is 19.3 Å². The lowest BCUT2D eigenvalue weighted by molar-refractivity contribution is 0.257. The summed E-state index contributed by atoms with van der Waals surface area (Å²) in [7, 11) is 0. The molecule has 0 aliphatic heterocycles. The normalized spacial score (nSPS) is 12.4. The zero-order valence-electron chi connectivity index (χ0n) is 8.58. The van der Waals surface area contributed by atoms with E-state index in [1.54, 1.807) is 0 Å². The van der Waals surface area contributed by atoms with Crippen LogP contribution in [0.3, 0.4) is 0 Å². The Bertz CT molecular complexity index is 185. The van der Waals surface area contributed by atoms with Gasteiger partial charge >= 0.3 is 0 Å². The lowest BCUT2D eigenvalue weighted by atomic mass is 10.1. The number of hydrogen-bond donors (Lipinski definition) is 1. The summed E-state index contributed by atoms with van der Waals surface area (Å²) in [5.74, 6) is 0. The van der Waals surface area contributed by atoms with Crippen LogP contribution in [-0.4, -0.2) is 20.5 Å². The summed E-state index contributed by atoms with van der Waals surface area (Å²) in [4.78, 5) is 10.6. The maximum Gasteiger partial charge on any atom is 0.295 e. The number of amides is 1. The number of carbonyl (C=O) groups excluding carboxylic acids is 1. The van der Waals surface area contributed by atoms with E-state index in [1.807, 2.05) is 0 Å². The highest BCUT2D eigenvalue weighted by Gasteiger charge is 1.98. The van der Waals surface area contributed by atoms with Gasteiger partial charge in [-0.05, 0) is 6.42 Å². The smallest absolute Gasteiger partial charge is 0.295 e. The van der Waals surface area contributed by atoms with Crippen LogP contribution in [0, 0.1) is 0 Å². The van der Waals surface area contributed by atoms with Gasteiger partial charge in [0.15, 0.2) is 0 Å². The quantitative estimate of drug-likeness (QED) is 0.526. The van der Waals surface area contributed by atoms with E-state index in [-0.39, 0.29) is 0 Å². The fraction of sp³-hybridized carbons (Fsp3) is 0.889. The monoisotopic (exact) mass is 220 g/mol. The van der Waals surface area contributed by atoms with Crippen molar-refractivity contribution in [3.05, 3.63) is 0 Å². The Balaban J connectivity index is 3.13. The van der Waals surface area contributed by atoms with Gasteiger partial charge in [0.1, 0.15) is 0 Å². The van der Waals surface area contributed by atoms with E-state index in [2.05, 4.69) is 12.2 Å². The fourth-order valence-corrected chi connectivity index (χ4v) is 1.37. The molecule has 0 saturated heterocycles. The van der Waals surface area contributed by atoms with Crippen LogP contribution in [0.25, 0.3) is 0 Å². The number of hydrogen-bond acceptors (Lipinski definition) is 3. The molecule has 4 nitrogen and oxygen atoms in total. The summed E-state index contributed by atoms with van der Waals surface area (Å²) in [5, 5.41) is 1.42. The average molecular weight is 220 g/mol. The molecule has 0 heterocycles. The van der Waals surface area contributed by atoms with Gasteiger partial charge in [0, 0.05) is 17.6 Å². The van der Waals surface area contributed by atoms with Gasteiger partial charge in [-0.15, -0.1) is 0 Å². The van der Waals surface area contributed by atoms with Crippen LogP contribution in [0.1, 0.15) is 45.4 Å². The first-order valence-corrected chi connectivity index (χ1v) is 6.13. The molecule has 0 radical (unpaired) electrons. The fourth-order valence-electron chi connectivity index (χ4n) is 1.15. The van der Waals surface area contributed by atoms with Crippen LogP contribution < -0.4 is 5.32 Å². The minimum absolute atomic E-state index is 0.457. The van der Waals surface area contributed by atoms with Gasteiger partial charge in [-0.3, -0.25) is 9.00 Å². The molecule has 84 valence electrons. The third-order valence-electron chi connectivity index (χ3n) is 1.95. The molecule has 1 N–H and O–H groups in total. The van der Waals surface area contributed by atoms with E-state index in [0.29, 0.717) is 6.54 Å². The molecule has 1 amide bonds. The highest BCUT2D eigenvalue weighted by atomic mass is 32.2. The molecule has 0 aromatic rings. The van der Waals surface area contributed by atoms with Crippen molar-refractivity contribution < 1.29 is 13.6 Å². The Labute approximate surface area is 87.7 Å². The van der Waals surface area contributed by atoms with Gasteiger partial charge in [0.25, 0.3) is 5.24 Å². The lowest BCUT2D eigenvalue weighted by Crippen LogP contribution is -2.26. The van der Waals surface area contributed by atoms with Gasteiger partial charge < -0.3 is 9.87 Å². The van der Waals surface area contributed by atoms with Crippen LogP contribution in [-0.2, 0) is 11.1 Å². The second kappa shape index (κ2) is 9.15. The van der Waals surface area contributed by atoms with Crippen molar-refractivity contribution in [2.45, 2.75) is 45.4 Å². The largest absolute Gasteiger partial charge is 0.765 e. The average Bonchev–Trinajstić information content (AvgIpc) is 2.16. The summed E-state index contributed by atoms with van der Waals surface area (Å²) in [6, 6.07) is 0. The summed E-state index contributed by atoms with van der Waals surface area (Å²) in [6.45, 7) is 2.61. The molecule has 0 aliphatic rings. The molecule has 0 spiro atoms. The number of nitrogens with one attached hydrogen (secondary N) is 1. The van der Waals surface area contributed by atoms with E-state index in [9.17, 15) is 13.6 Å². The van der Waals surface area contributed by atoms with Gasteiger partial charge in [0.2, 0.25) is 0 Å². The van der Waals surface area contributed by atoms with E-state index in [1.165, 1.54) is 19.3 Å². The topological polar surface area (TPSA) is 69.2 Å². The standard InChI is InChI=1S/C9H19NO3S/c1-2-3-4-5-6-7-8-10-9(11)14(12)13/h2-8H2,1H3,(H,10,11)(H,12,13)/p-1. The number of rotatable bonds is 7. The molecule has 0 saturated carbocycles. The summed E-state index contributed by atoms with van der Waals surface area (Å²) in [5.41, 5.74) is 0. The SMILES string of the molecule is CCCCCCCCNC(=O)S(=O)[O-]. The molecule has 1 unspecified atom stereocenters. The summed E-state index contributed by atoms with van der Waals surface area (Å²) in [6.07, 6.45) is 6.74. The van der Waals surface area contributed by atoms with Gasteiger partial charge in [-0.1, -0.05) is 39.0 Å². The predicted octanol–water partition coefficient (Wildman–Crippen LogP) is 1.94. The molecule has 0 bridgehead atoms. The molecule has 0 fully saturated rings. The van der Waals surface area contributed by atoms with Crippen LogP contribution in [0.4, 0.5) is 4.79 Å². The highest BCUT2D eigenvalue weighted by Crippen LogP contribution is 2.03. The van der Waals surface area contributed by atoms with Crippen LogP contribution in [0.5, 0.6) is 0 Å².